The van der Waals surface area contributed by atoms with Crippen molar-refractivity contribution in [3.05, 3.63) is 30.1 Å². The number of halogens is 2. The van der Waals surface area contributed by atoms with Crippen LogP contribution in [0.25, 0.3) is 0 Å². The van der Waals surface area contributed by atoms with E-state index in [-0.39, 0.29) is 12.1 Å². The van der Waals surface area contributed by atoms with Gasteiger partial charge >= 0.3 is 6.09 Å². The molecular weight excluding hydrogens is 420 g/mol. The lowest BCUT2D eigenvalue weighted by molar-refractivity contribution is -0.123. The second-order valence-corrected chi connectivity index (χ2v) is 9.02. The third-order valence-corrected chi connectivity index (χ3v) is 6.52. The molecule has 0 bridgehead atoms. The van der Waals surface area contributed by atoms with E-state index in [0.717, 1.165) is 25.9 Å². The fraction of sp³-hybridized carbons (Fsp3) is 0.636. The number of hydrogen-bond donors (Lipinski definition) is 3. The Morgan fingerprint density at radius 1 is 1.25 bits per heavy atom. The Morgan fingerprint density at radius 3 is 2.38 bits per heavy atom. The van der Waals surface area contributed by atoms with Crippen molar-refractivity contribution >= 4 is 12.0 Å². The fourth-order valence-electron chi connectivity index (χ4n) is 3.74. The van der Waals surface area contributed by atoms with Crippen LogP contribution in [0, 0.1) is 16.7 Å². The fourth-order valence-corrected chi connectivity index (χ4v) is 3.74. The van der Waals surface area contributed by atoms with Crippen LogP contribution < -0.4 is 11.1 Å². The summed E-state index contributed by atoms with van der Waals surface area (Å²) >= 11 is 0. The Bertz CT molecular complexity index is 856. The Kier molecular flexibility index (Phi) is 6.98. The van der Waals surface area contributed by atoms with Crippen LogP contribution in [0.15, 0.2) is 24.4 Å². The number of nitriles is 1. The lowest BCUT2D eigenvalue weighted by atomic mass is 9.94. The molecule has 1 aromatic heterocycles. The zero-order chi connectivity index (χ0) is 23.4. The van der Waals surface area contributed by atoms with E-state index in [1.807, 2.05) is 6.07 Å². The lowest BCUT2D eigenvalue weighted by Crippen LogP contribution is -2.46. The maximum Gasteiger partial charge on any atom is 0.407 e. The largest absolute Gasteiger partial charge is 0.465 e. The molecule has 1 saturated heterocycles. The number of nitrogens with one attached hydrogen (secondary N) is 1. The van der Waals surface area contributed by atoms with Gasteiger partial charge in [-0.25, -0.2) is 4.79 Å². The highest BCUT2D eigenvalue weighted by Crippen LogP contribution is 2.53. The van der Waals surface area contributed by atoms with Crippen molar-refractivity contribution < 1.29 is 23.5 Å². The van der Waals surface area contributed by atoms with Crippen LogP contribution in [-0.4, -0.2) is 51.7 Å². The van der Waals surface area contributed by atoms with Gasteiger partial charge in [0.2, 0.25) is 5.91 Å². The molecule has 2 aliphatic carbocycles. The van der Waals surface area contributed by atoms with Crippen LogP contribution in [0.5, 0.6) is 0 Å². The number of amides is 2. The van der Waals surface area contributed by atoms with Crippen LogP contribution in [0.4, 0.5) is 13.6 Å². The van der Waals surface area contributed by atoms with Crippen molar-refractivity contribution in [2.24, 2.45) is 11.1 Å². The zero-order valence-corrected chi connectivity index (χ0v) is 17.9. The van der Waals surface area contributed by atoms with Crippen molar-refractivity contribution in [1.82, 2.24) is 15.2 Å². The molecule has 0 radical (unpaired) electrons. The van der Waals surface area contributed by atoms with E-state index < -0.39 is 35.9 Å². The van der Waals surface area contributed by atoms with E-state index in [1.165, 1.54) is 36.1 Å². The molecule has 32 heavy (non-hydrogen) atoms. The third-order valence-electron chi connectivity index (χ3n) is 6.52. The minimum Gasteiger partial charge on any atom is -0.465 e. The van der Waals surface area contributed by atoms with E-state index in [2.05, 4.69) is 10.3 Å². The topological polar surface area (TPSA) is 132 Å². The molecule has 4 rings (SSSR count). The summed E-state index contributed by atoms with van der Waals surface area (Å²) in [5.74, 6) is -3.70. The van der Waals surface area contributed by atoms with Gasteiger partial charge in [0.05, 0.1) is 12.1 Å². The van der Waals surface area contributed by atoms with Crippen LogP contribution >= 0.6 is 0 Å². The summed E-state index contributed by atoms with van der Waals surface area (Å²) in [7, 11) is 0. The van der Waals surface area contributed by atoms with Gasteiger partial charge in [0.25, 0.3) is 5.92 Å². The van der Waals surface area contributed by atoms with Crippen LogP contribution in [0.2, 0.25) is 0 Å². The van der Waals surface area contributed by atoms with Crippen molar-refractivity contribution in [2.75, 3.05) is 13.1 Å². The second-order valence-electron chi connectivity index (χ2n) is 9.02. The molecule has 2 heterocycles. The van der Waals surface area contributed by atoms with Crippen molar-refractivity contribution in [3.63, 3.8) is 0 Å². The Labute approximate surface area is 185 Å². The van der Waals surface area contributed by atoms with Crippen molar-refractivity contribution in [1.29, 1.82) is 5.26 Å². The number of hydrogen-bond acceptors (Lipinski definition) is 5. The van der Waals surface area contributed by atoms with Crippen molar-refractivity contribution in [2.45, 2.75) is 68.9 Å². The molecule has 3 aliphatic rings. The van der Waals surface area contributed by atoms with Gasteiger partial charge in [-0.3, -0.25) is 9.78 Å². The smallest absolute Gasteiger partial charge is 0.407 e. The zero-order valence-electron chi connectivity index (χ0n) is 17.9. The molecule has 10 heteroatoms. The highest BCUT2D eigenvalue weighted by molar-refractivity contribution is 5.83. The summed E-state index contributed by atoms with van der Waals surface area (Å²) in [6.07, 6.45) is 5.80. The van der Waals surface area contributed by atoms with Gasteiger partial charge in [-0.2, -0.15) is 14.0 Å². The quantitative estimate of drug-likeness (QED) is 0.612. The Morgan fingerprint density at radius 2 is 1.91 bits per heavy atom. The summed E-state index contributed by atoms with van der Waals surface area (Å²) in [4.78, 5) is 27.4. The number of aromatic nitrogens is 1. The molecule has 3 fully saturated rings. The molecule has 1 aromatic rings. The van der Waals surface area contributed by atoms with E-state index in [1.54, 1.807) is 6.07 Å². The molecule has 1 spiro atoms. The molecule has 0 aromatic carbocycles. The first-order chi connectivity index (χ1) is 15.1. The minimum absolute atomic E-state index is 0.184. The first-order valence-corrected chi connectivity index (χ1v) is 10.9. The van der Waals surface area contributed by atoms with E-state index in [9.17, 15) is 18.4 Å². The summed E-state index contributed by atoms with van der Waals surface area (Å²) in [5.41, 5.74) is 5.03. The van der Waals surface area contributed by atoms with Crippen molar-refractivity contribution in [3.8, 4) is 6.07 Å². The average molecular weight is 450 g/mol. The molecule has 0 unspecified atom stereocenters. The standard InChI is InChI=1S/C14H16F2N4O.C8H13NO2/c15-14(16,11-3-1-2-8-19-11)5-4-10(18)12(21)20-13(9-17)6-7-13;10-7(11)9-5-3-8(1-2-8)4-6-9/h1-3,8,10H,4-7,18H2,(H,20,21);1-6H2,(H,10,11)/t10-;/m0./s1. The van der Waals surface area contributed by atoms with Gasteiger partial charge in [0.15, 0.2) is 0 Å². The molecule has 2 saturated carbocycles. The summed E-state index contributed by atoms with van der Waals surface area (Å²) in [6, 6.07) is 5.19. The second kappa shape index (κ2) is 9.36. The monoisotopic (exact) mass is 449 g/mol. The summed E-state index contributed by atoms with van der Waals surface area (Å²) in [5, 5.41) is 20.0. The number of carboxylic acid groups (broad SMARTS) is 1. The van der Waals surface area contributed by atoms with Crippen LogP contribution in [0.1, 0.15) is 57.1 Å². The van der Waals surface area contributed by atoms with Gasteiger partial charge in [-0.15, -0.1) is 0 Å². The lowest BCUT2D eigenvalue weighted by Gasteiger charge is -2.29. The SMILES string of the molecule is N#CC1(NC(=O)[C@@H](N)CCC(F)(F)c2ccccn2)CC1.O=C(O)N1CCC2(CC1)CC2. The predicted octanol–water partition coefficient (Wildman–Crippen LogP) is 2.99. The Hall–Kier alpha value is -2.80. The Balaban J connectivity index is 0.000000219. The molecule has 4 N–H and O–H groups in total. The molecule has 174 valence electrons. The third kappa shape index (κ3) is 6.13. The van der Waals surface area contributed by atoms with Gasteiger partial charge in [-0.1, -0.05) is 6.07 Å². The van der Waals surface area contributed by atoms with Crippen LogP contribution in [0.3, 0.4) is 0 Å². The number of likely N-dealkylation sites (tertiary alicyclic amines) is 1. The van der Waals surface area contributed by atoms with Crippen LogP contribution in [-0.2, 0) is 10.7 Å². The van der Waals surface area contributed by atoms with E-state index >= 15 is 0 Å². The number of nitrogens with two attached hydrogens (primary N) is 1. The number of carbonyl (C=O) groups is 2. The molecule has 2 amide bonds. The van der Waals surface area contributed by atoms with E-state index in [0.29, 0.717) is 18.3 Å². The van der Waals surface area contributed by atoms with E-state index in [4.69, 9.17) is 16.1 Å². The normalized spacial score (nSPS) is 20.9. The van der Waals surface area contributed by atoms with Gasteiger partial charge in [0.1, 0.15) is 11.2 Å². The molecule has 1 atom stereocenters. The number of rotatable bonds is 6. The summed E-state index contributed by atoms with van der Waals surface area (Å²) < 4.78 is 27.8. The maximum absolute atomic E-state index is 13.9. The number of carbonyl (C=O) groups excluding carboxylic acids is 1. The average Bonchev–Trinajstić information content (AvgIpc) is 3.72. The highest BCUT2D eigenvalue weighted by atomic mass is 19.3. The first kappa shape index (κ1) is 23.9. The van der Waals surface area contributed by atoms with Gasteiger partial charge in [-0.05, 0) is 62.5 Å². The maximum atomic E-state index is 13.9. The molecule has 8 nitrogen and oxygen atoms in total. The first-order valence-electron chi connectivity index (χ1n) is 10.9. The van der Waals surface area contributed by atoms with Gasteiger partial charge < -0.3 is 21.1 Å². The molecular formula is C22H29F2N5O3. The number of pyridine rings is 1. The number of piperidine rings is 1. The predicted molar refractivity (Wildman–Crippen MR) is 112 cm³/mol. The number of alkyl halides is 2. The highest BCUT2D eigenvalue weighted by Gasteiger charge is 2.46. The summed E-state index contributed by atoms with van der Waals surface area (Å²) in [6.45, 7) is 1.52. The number of nitrogens with zero attached hydrogens (tertiary/aromatic N) is 3. The minimum atomic E-state index is -3.13. The molecule has 1 aliphatic heterocycles. The van der Waals surface area contributed by atoms with Gasteiger partial charge in [0, 0.05) is 25.7 Å².